The van der Waals surface area contributed by atoms with E-state index in [9.17, 15) is 0 Å². The lowest BCUT2D eigenvalue weighted by atomic mass is 9.83. The van der Waals surface area contributed by atoms with Gasteiger partial charge in [0.15, 0.2) is 0 Å². The van der Waals surface area contributed by atoms with Crippen molar-refractivity contribution in [2.24, 2.45) is 5.73 Å². The zero-order chi connectivity index (χ0) is 12.6. The predicted molar refractivity (Wildman–Crippen MR) is 71.0 cm³/mol. The van der Waals surface area contributed by atoms with Gasteiger partial charge < -0.3 is 15.2 Å². The van der Waals surface area contributed by atoms with Crippen molar-refractivity contribution >= 4 is 11.6 Å². The van der Waals surface area contributed by atoms with E-state index < -0.39 is 0 Å². The topological polar surface area (TPSA) is 44.5 Å². The third-order valence-electron chi connectivity index (χ3n) is 3.91. The molecule has 0 radical (unpaired) electrons. The monoisotopic (exact) mass is 267 g/mol. The van der Waals surface area contributed by atoms with Gasteiger partial charge in [-0.1, -0.05) is 11.6 Å². The summed E-state index contributed by atoms with van der Waals surface area (Å²) in [6.07, 6.45) is 3.82. The zero-order valence-electron chi connectivity index (χ0n) is 10.3. The van der Waals surface area contributed by atoms with Gasteiger partial charge in [0.25, 0.3) is 0 Å². The highest BCUT2D eigenvalue weighted by atomic mass is 35.5. The first kappa shape index (κ1) is 12.3. The molecule has 18 heavy (non-hydrogen) atoms. The second kappa shape index (κ2) is 4.72. The van der Waals surface area contributed by atoms with Gasteiger partial charge in [0.2, 0.25) is 0 Å². The van der Waals surface area contributed by atoms with E-state index in [0.717, 1.165) is 50.2 Å². The Hall–Kier alpha value is -0.770. The van der Waals surface area contributed by atoms with Gasteiger partial charge in [0.1, 0.15) is 11.4 Å². The van der Waals surface area contributed by atoms with E-state index in [1.54, 1.807) is 0 Å². The molecule has 0 saturated carbocycles. The van der Waals surface area contributed by atoms with Crippen molar-refractivity contribution in [1.82, 2.24) is 0 Å². The summed E-state index contributed by atoms with van der Waals surface area (Å²) < 4.78 is 11.8. The highest BCUT2D eigenvalue weighted by Gasteiger charge is 2.40. The minimum Gasteiger partial charge on any atom is -0.487 e. The molecule has 3 rings (SSSR count). The summed E-state index contributed by atoms with van der Waals surface area (Å²) in [5, 5.41) is 0.716. The Morgan fingerprint density at radius 1 is 1.28 bits per heavy atom. The average Bonchev–Trinajstić information content (AvgIpc) is 2.56. The molecule has 0 bridgehead atoms. The van der Waals surface area contributed by atoms with Gasteiger partial charge in [0.05, 0.1) is 6.61 Å². The summed E-state index contributed by atoms with van der Waals surface area (Å²) in [5.74, 6) is 0.889. The molecule has 1 saturated heterocycles. The number of halogens is 1. The molecule has 1 fully saturated rings. The Labute approximate surface area is 112 Å². The van der Waals surface area contributed by atoms with Crippen molar-refractivity contribution in [1.29, 1.82) is 0 Å². The number of benzene rings is 1. The van der Waals surface area contributed by atoms with Crippen molar-refractivity contribution in [2.75, 3.05) is 13.2 Å². The lowest BCUT2D eigenvalue weighted by molar-refractivity contribution is 0.0156. The van der Waals surface area contributed by atoms with Crippen molar-refractivity contribution in [3.63, 3.8) is 0 Å². The van der Waals surface area contributed by atoms with E-state index in [-0.39, 0.29) is 11.6 Å². The summed E-state index contributed by atoms with van der Waals surface area (Å²) in [6, 6.07) is 5.72. The largest absolute Gasteiger partial charge is 0.487 e. The molecule has 4 heteroatoms. The van der Waals surface area contributed by atoms with Gasteiger partial charge >= 0.3 is 0 Å². The molecule has 1 spiro atoms. The smallest absolute Gasteiger partial charge is 0.125 e. The van der Waals surface area contributed by atoms with Gasteiger partial charge in [-0.25, -0.2) is 0 Å². The quantitative estimate of drug-likeness (QED) is 0.786. The normalized spacial score (nSPS) is 31.6. The molecule has 3 nitrogen and oxygen atoms in total. The van der Waals surface area contributed by atoms with Crippen molar-refractivity contribution in [2.45, 2.75) is 37.3 Å². The standard InChI is InChI=1S/C14H18ClNO2/c15-10-2-3-13-11(8-10)12(16)9-14(18-13)4-1-6-17-7-5-14/h2-3,8,12H,1,4-7,9,16H2. The van der Waals surface area contributed by atoms with Crippen LogP contribution in [0.4, 0.5) is 0 Å². The fraction of sp³-hybridized carbons (Fsp3) is 0.571. The van der Waals surface area contributed by atoms with Crippen LogP contribution in [0.2, 0.25) is 5.02 Å². The fourth-order valence-electron chi connectivity index (χ4n) is 2.98. The molecule has 0 amide bonds. The zero-order valence-corrected chi connectivity index (χ0v) is 11.1. The maximum atomic E-state index is 6.29. The van der Waals surface area contributed by atoms with Crippen LogP contribution in [0.5, 0.6) is 5.75 Å². The Bertz CT molecular complexity index is 441. The SMILES string of the molecule is NC1CC2(CCCOCC2)Oc2ccc(Cl)cc21. The second-order valence-corrected chi connectivity index (χ2v) is 5.68. The second-order valence-electron chi connectivity index (χ2n) is 5.24. The van der Waals surface area contributed by atoms with Gasteiger partial charge in [-0.05, 0) is 31.0 Å². The molecular formula is C14H18ClNO2. The van der Waals surface area contributed by atoms with Crippen LogP contribution in [0, 0.1) is 0 Å². The number of ether oxygens (including phenoxy) is 2. The first-order chi connectivity index (χ1) is 8.69. The van der Waals surface area contributed by atoms with Crippen LogP contribution in [-0.2, 0) is 4.74 Å². The number of fused-ring (bicyclic) bond motifs is 1. The highest BCUT2D eigenvalue weighted by Crippen LogP contribution is 2.43. The van der Waals surface area contributed by atoms with Gasteiger partial charge in [0, 0.05) is 36.1 Å². The highest BCUT2D eigenvalue weighted by molar-refractivity contribution is 6.30. The molecule has 0 aliphatic carbocycles. The molecule has 2 aliphatic rings. The summed E-state index contributed by atoms with van der Waals surface area (Å²) in [5.41, 5.74) is 7.18. The van der Waals surface area contributed by atoms with Crippen LogP contribution in [0.3, 0.4) is 0 Å². The molecule has 2 heterocycles. The first-order valence-corrected chi connectivity index (χ1v) is 6.88. The molecule has 98 valence electrons. The average molecular weight is 268 g/mol. The van der Waals surface area contributed by atoms with Crippen LogP contribution in [0.25, 0.3) is 0 Å². The van der Waals surface area contributed by atoms with Crippen LogP contribution in [-0.4, -0.2) is 18.8 Å². The van der Waals surface area contributed by atoms with Crippen molar-refractivity contribution in [3.8, 4) is 5.75 Å². The predicted octanol–water partition coefficient (Wildman–Crippen LogP) is 3.06. The third-order valence-corrected chi connectivity index (χ3v) is 4.15. The van der Waals surface area contributed by atoms with Gasteiger partial charge in [-0.3, -0.25) is 0 Å². The molecule has 2 atom stereocenters. The van der Waals surface area contributed by atoms with E-state index in [4.69, 9.17) is 26.8 Å². The van der Waals surface area contributed by atoms with E-state index in [1.165, 1.54) is 0 Å². The fourth-order valence-corrected chi connectivity index (χ4v) is 3.16. The maximum Gasteiger partial charge on any atom is 0.125 e. The minimum atomic E-state index is -0.142. The van der Waals surface area contributed by atoms with E-state index in [2.05, 4.69) is 0 Å². The molecule has 1 aromatic rings. The van der Waals surface area contributed by atoms with Gasteiger partial charge in [-0.2, -0.15) is 0 Å². The van der Waals surface area contributed by atoms with Crippen molar-refractivity contribution < 1.29 is 9.47 Å². The molecule has 2 unspecified atom stereocenters. The molecular weight excluding hydrogens is 250 g/mol. The summed E-state index contributed by atoms with van der Waals surface area (Å²) >= 11 is 6.01. The molecule has 2 N–H and O–H groups in total. The molecule has 0 aromatic heterocycles. The number of rotatable bonds is 0. The van der Waals surface area contributed by atoms with Crippen LogP contribution >= 0.6 is 11.6 Å². The number of hydrogen-bond acceptors (Lipinski definition) is 3. The van der Waals surface area contributed by atoms with E-state index >= 15 is 0 Å². The number of nitrogens with two attached hydrogens (primary N) is 1. The maximum absolute atomic E-state index is 6.29. The summed E-state index contributed by atoms with van der Waals surface area (Å²) in [6.45, 7) is 1.59. The van der Waals surface area contributed by atoms with Crippen molar-refractivity contribution in [3.05, 3.63) is 28.8 Å². The number of hydrogen-bond donors (Lipinski definition) is 1. The van der Waals surface area contributed by atoms with Crippen LogP contribution in [0.15, 0.2) is 18.2 Å². The molecule has 2 aliphatic heterocycles. The lowest BCUT2D eigenvalue weighted by Gasteiger charge is -2.40. The lowest BCUT2D eigenvalue weighted by Crippen LogP contribution is -2.43. The van der Waals surface area contributed by atoms with Gasteiger partial charge in [-0.15, -0.1) is 0 Å². The van der Waals surface area contributed by atoms with Crippen LogP contribution < -0.4 is 10.5 Å². The Balaban J connectivity index is 1.92. The van der Waals surface area contributed by atoms with Crippen LogP contribution in [0.1, 0.15) is 37.3 Å². The minimum absolute atomic E-state index is 0.00514. The Morgan fingerprint density at radius 3 is 3.06 bits per heavy atom. The Kier molecular flexibility index (Phi) is 3.22. The Morgan fingerprint density at radius 2 is 2.17 bits per heavy atom. The summed E-state index contributed by atoms with van der Waals surface area (Å²) in [7, 11) is 0. The molecule has 1 aromatic carbocycles. The van der Waals surface area contributed by atoms with E-state index in [1.807, 2.05) is 18.2 Å². The summed E-state index contributed by atoms with van der Waals surface area (Å²) in [4.78, 5) is 0. The third kappa shape index (κ3) is 2.22. The van der Waals surface area contributed by atoms with E-state index in [0.29, 0.717) is 5.02 Å². The first-order valence-electron chi connectivity index (χ1n) is 6.50.